The maximum Gasteiger partial charge on any atom is 0.240 e. The highest BCUT2D eigenvalue weighted by molar-refractivity contribution is 7.89. The predicted octanol–water partition coefficient (Wildman–Crippen LogP) is 3.19. The van der Waals surface area contributed by atoms with Gasteiger partial charge in [-0.15, -0.1) is 0 Å². The number of sulfonamides is 1. The van der Waals surface area contributed by atoms with E-state index in [1.807, 2.05) is 6.92 Å². The summed E-state index contributed by atoms with van der Waals surface area (Å²) in [5.41, 5.74) is 0. The molecule has 1 unspecified atom stereocenters. The molecule has 20 heavy (non-hydrogen) atoms. The Bertz CT molecular complexity index is 494. The van der Waals surface area contributed by atoms with Gasteiger partial charge in [0.15, 0.2) is 0 Å². The Kier molecular flexibility index (Phi) is 6.49. The third kappa shape index (κ3) is 5.51. The maximum absolute atomic E-state index is 12.2. The maximum atomic E-state index is 12.2. The van der Waals surface area contributed by atoms with E-state index in [0.29, 0.717) is 11.7 Å². The van der Waals surface area contributed by atoms with Crippen molar-refractivity contribution in [1.29, 1.82) is 0 Å². The van der Waals surface area contributed by atoms with E-state index in [0.717, 1.165) is 19.3 Å². The lowest BCUT2D eigenvalue weighted by Gasteiger charge is -2.15. The molecule has 4 nitrogen and oxygen atoms in total. The van der Waals surface area contributed by atoms with Gasteiger partial charge in [-0.25, -0.2) is 13.1 Å². The zero-order valence-electron chi connectivity index (χ0n) is 12.7. The Hall–Kier alpha value is -1.07. The standard InChI is InChI=1S/C15H25NO3S/c1-12(2)6-5-7-13(3)16-20(17,18)15-10-8-14(19-4)9-11-15/h8-13,16H,5-7H2,1-4H3. The molecule has 0 radical (unpaired) electrons. The van der Waals surface area contributed by atoms with Crippen LogP contribution in [0.15, 0.2) is 29.2 Å². The van der Waals surface area contributed by atoms with Crippen molar-refractivity contribution in [3.8, 4) is 5.75 Å². The third-order valence-corrected chi connectivity index (χ3v) is 4.75. The lowest BCUT2D eigenvalue weighted by Crippen LogP contribution is -2.32. The van der Waals surface area contributed by atoms with Crippen molar-refractivity contribution in [3.05, 3.63) is 24.3 Å². The Morgan fingerprint density at radius 1 is 1.10 bits per heavy atom. The molecule has 0 aromatic heterocycles. The van der Waals surface area contributed by atoms with Crippen LogP contribution in [0.5, 0.6) is 5.75 Å². The highest BCUT2D eigenvalue weighted by atomic mass is 32.2. The van der Waals surface area contributed by atoms with Crippen LogP contribution in [0, 0.1) is 5.92 Å². The van der Waals surface area contributed by atoms with E-state index in [-0.39, 0.29) is 10.9 Å². The van der Waals surface area contributed by atoms with E-state index >= 15 is 0 Å². The van der Waals surface area contributed by atoms with Crippen LogP contribution in [0.3, 0.4) is 0 Å². The fourth-order valence-corrected chi connectivity index (χ4v) is 3.26. The molecule has 0 amide bonds. The second-order valence-electron chi connectivity index (χ2n) is 5.52. The molecule has 0 saturated heterocycles. The molecule has 0 heterocycles. The molecule has 0 fully saturated rings. The van der Waals surface area contributed by atoms with Crippen molar-refractivity contribution >= 4 is 10.0 Å². The van der Waals surface area contributed by atoms with E-state index < -0.39 is 10.0 Å². The van der Waals surface area contributed by atoms with E-state index in [4.69, 9.17) is 4.74 Å². The molecule has 114 valence electrons. The first-order valence-corrected chi connectivity index (χ1v) is 8.50. The van der Waals surface area contributed by atoms with E-state index in [9.17, 15) is 8.42 Å². The average molecular weight is 299 g/mol. The molecule has 0 saturated carbocycles. The molecule has 1 aromatic carbocycles. The molecule has 0 aliphatic carbocycles. The van der Waals surface area contributed by atoms with E-state index in [1.165, 1.54) is 0 Å². The number of ether oxygens (including phenoxy) is 1. The Balaban J connectivity index is 2.59. The summed E-state index contributed by atoms with van der Waals surface area (Å²) in [5.74, 6) is 1.30. The van der Waals surface area contributed by atoms with Crippen molar-refractivity contribution < 1.29 is 13.2 Å². The molecular weight excluding hydrogens is 274 g/mol. The quantitative estimate of drug-likeness (QED) is 0.802. The number of rotatable bonds is 8. The van der Waals surface area contributed by atoms with Crippen LogP contribution in [0.25, 0.3) is 0 Å². The van der Waals surface area contributed by atoms with Crippen LogP contribution >= 0.6 is 0 Å². The van der Waals surface area contributed by atoms with Crippen molar-refractivity contribution in [3.63, 3.8) is 0 Å². The van der Waals surface area contributed by atoms with E-state index in [1.54, 1.807) is 31.4 Å². The van der Waals surface area contributed by atoms with Crippen LogP contribution in [-0.2, 0) is 10.0 Å². The summed E-state index contributed by atoms with van der Waals surface area (Å²) < 4.78 is 32.1. The second-order valence-corrected chi connectivity index (χ2v) is 7.24. The van der Waals surface area contributed by atoms with Gasteiger partial charge in [0.05, 0.1) is 12.0 Å². The van der Waals surface area contributed by atoms with Crippen LogP contribution < -0.4 is 9.46 Å². The Morgan fingerprint density at radius 2 is 1.70 bits per heavy atom. The largest absolute Gasteiger partial charge is 0.497 e. The van der Waals surface area contributed by atoms with Crippen LogP contribution in [-0.4, -0.2) is 21.6 Å². The minimum absolute atomic E-state index is 0.0548. The molecule has 0 aliphatic rings. The molecule has 1 rings (SSSR count). The zero-order valence-corrected chi connectivity index (χ0v) is 13.5. The van der Waals surface area contributed by atoms with Crippen LogP contribution in [0.4, 0.5) is 0 Å². The van der Waals surface area contributed by atoms with Crippen molar-refractivity contribution in [2.75, 3.05) is 7.11 Å². The molecule has 1 aromatic rings. The fraction of sp³-hybridized carbons (Fsp3) is 0.600. The first-order valence-electron chi connectivity index (χ1n) is 7.01. The summed E-state index contributed by atoms with van der Waals surface area (Å²) in [5, 5.41) is 0. The van der Waals surface area contributed by atoms with Gasteiger partial charge in [-0.1, -0.05) is 26.7 Å². The number of hydrogen-bond donors (Lipinski definition) is 1. The second kappa shape index (κ2) is 7.64. The lowest BCUT2D eigenvalue weighted by atomic mass is 10.0. The van der Waals surface area contributed by atoms with Gasteiger partial charge in [0.2, 0.25) is 10.0 Å². The van der Waals surface area contributed by atoms with Crippen molar-refractivity contribution in [2.45, 2.75) is 51.0 Å². The van der Waals surface area contributed by atoms with Gasteiger partial charge in [0.25, 0.3) is 0 Å². The topological polar surface area (TPSA) is 55.4 Å². The minimum Gasteiger partial charge on any atom is -0.497 e. The molecule has 0 bridgehead atoms. The number of benzene rings is 1. The normalized spacial score (nSPS) is 13.4. The summed E-state index contributed by atoms with van der Waals surface area (Å²) in [6, 6.07) is 6.36. The molecule has 1 atom stereocenters. The summed E-state index contributed by atoms with van der Waals surface area (Å²) in [6.45, 7) is 6.25. The smallest absolute Gasteiger partial charge is 0.240 e. The SMILES string of the molecule is COc1ccc(S(=O)(=O)NC(C)CCCC(C)C)cc1. The molecule has 0 spiro atoms. The first-order chi connectivity index (χ1) is 9.35. The predicted molar refractivity (Wildman–Crippen MR) is 81.5 cm³/mol. The first kappa shape index (κ1) is 17.0. The molecule has 0 aliphatic heterocycles. The molecular formula is C15H25NO3S. The Labute approximate surface area is 122 Å². The number of nitrogens with one attached hydrogen (secondary N) is 1. The summed E-state index contributed by atoms with van der Waals surface area (Å²) >= 11 is 0. The third-order valence-electron chi connectivity index (χ3n) is 3.14. The number of hydrogen-bond acceptors (Lipinski definition) is 3. The van der Waals surface area contributed by atoms with Gasteiger partial charge in [-0.3, -0.25) is 0 Å². The highest BCUT2D eigenvalue weighted by Gasteiger charge is 2.17. The number of methoxy groups -OCH3 is 1. The van der Waals surface area contributed by atoms with Gasteiger partial charge < -0.3 is 4.74 Å². The van der Waals surface area contributed by atoms with Crippen molar-refractivity contribution in [2.24, 2.45) is 5.92 Å². The summed E-state index contributed by atoms with van der Waals surface area (Å²) in [4.78, 5) is 0.272. The average Bonchev–Trinajstić information content (AvgIpc) is 2.37. The van der Waals surface area contributed by atoms with E-state index in [2.05, 4.69) is 18.6 Å². The van der Waals surface area contributed by atoms with Gasteiger partial charge in [0.1, 0.15) is 5.75 Å². The van der Waals surface area contributed by atoms with Gasteiger partial charge in [0, 0.05) is 6.04 Å². The summed E-state index contributed by atoms with van der Waals surface area (Å²) in [6.07, 6.45) is 3.01. The summed E-state index contributed by atoms with van der Waals surface area (Å²) in [7, 11) is -1.89. The van der Waals surface area contributed by atoms with Gasteiger partial charge in [-0.05, 0) is 43.5 Å². The highest BCUT2D eigenvalue weighted by Crippen LogP contribution is 2.16. The Morgan fingerprint density at radius 3 is 2.20 bits per heavy atom. The van der Waals surface area contributed by atoms with Crippen LogP contribution in [0.1, 0.15) is 40.0 Å². The lowest BCUT2D eigenvalue weighted by molar-refractivity contribution is 0.414. The van der Waals surface area contributed by atoms with Gasteiger partial charge in [-0.2, -0.15) is 0 Å². The minimum atomic E-state index is -3.44. The molecule has 5 heteroatoms. The van der Waals surface area contributed by atoms with Crippen LogP contribution in [0.2, 0.25) is 0 Å². The van der Waals surface area contributed by atoms with Crippen molar-refractivity contribution in [1.82, 2.24) is 4.72 Å². The zero-order chi connectivity index (χ0) is 15.2. The van der Waals surface area contributed by atoms with Gasteiger partial charge >= 0.3 is 0 Å². The fourth-order valence-electron chi connectivity index (χ4n) is 1.98. The monoisotopic (exact) mass is 299 g/mol. The molecule has 1 N–H and O–H groups in total.